The predicted molar refractivity (Wildman–Crippen MR) is 83.8 cm³/mol. The molecule has 1 heterocycles. The fourth-order valence-corrected chi connectivity index (χ4v) is 4.36. The first kappa shape index (κ1) is 14.2. The Hall–Kier alpha value is -0.740. The maximum Gasteiger partial charge on any atom is 0.166 e. The molecular weight excluding hydrogens is 318 g/mol. The summed E-state index contributed by atoms with van der Waals surface area (Å²) >= 11 is 3.73. The molecular formula is C16H22BrNO2. The molecule has 3 nitrogen and oxygen atoms in total. The van der Waals surface area contributed by atoms with E-state index in [-0.39, 0.29) is 5.41 Å². The molecule has 1 atom stereocenters. The molecule has 1 N–H and O–H groups in total. The van der Waals surface area contributed by atoms with E-state index in [0.29, 0.717) is 19.3 Å². The zero-order valence-electron chi connectivity index (χ0n) is 12.4. The fraction of sp³-hybridized carbons (Fsp3) is 0.625. The van der Waals surface area contributed by atoms with Crippen molar-refractivity contribution in [3.63, 3.8) is 0 Å². The molecule has 2 aliphatic rings. The molecule has 0 spiro atoms. The van der Waals surface area contributed by atoms with Gasteiger partial charge in [0, 0.05) is 16.1 Å². The Balaban J connectivity index is 2.12. The van der Waals surface area contributed by atoms with Crippen LogP contribution in [0.25, 0.3) is 0 Å². The van der Waals surface area contributed by atoms with Gasteiger partial charge in [-0.05, 0) is 36.4 Å². The van der Waals surface area contributed by atoms with Crippen LogP contribution in [0.3, 0.4) is 0 Å². The highest BCUT2D eigenvalue weighted by Gasteiger charge is 2.42. The second kappa shape index (κ2) is 5.23. The number of hydrogen-bond donors (Lipinski definition) is 1. The average Bonchev–Trinajstić information content (AvgIpc) is 2.69. The smallest absolute Gasteiger partial charge is 0.166 e. The lowest BCUT2D eigenvalue weighted by Crippen LogP contribution is -2.23. The van der Waals surface area contributed by atoms with E-state index in [1.807, 2.05) is 0 Å². The van der Waals surface area contributed by atoms with Crippen LogP contribution in [0.1, 0.15) is 50.8 Å². The predicted octanol–water partition coefficient (Wildman–Crippen LogP) is 3.94. The van der Waals surface area contributed by atoms with Crippen molar-refractivity contribution < 1.29 is 9.47 Å². The third-order valence-corrected chi connectivity index (χ3v) is 4.83. The molecule has 0 aromatic heterocycles. The highest BCUT2D eigenvalue weighted by atomic mass is 79.9. The molecule has 0 amide bonds. The van der Waals surface area contributed by atoms with Crippen LogP contribution in [0.4, 0.5) is 0 Å². The number of rotatable bonds is 3. The van der Waals surface area contributed by atoms with Crippen molar-refractivity contribution in [3.05, 3.63) is 21.7 Å². The number of halogens is 1. The van der Waals surface area contributed by atoms with Crippen molar-refractivity contribution in [2.75, 3.05) is 19.8 Å². The largest absolute Gasteiger partial charge is 0.486 e. The summed E-state index contributed by atoms with van der Waals surface area (Å²) in [5, 5.41) is 3.66. The lowest BCUT2D eigenvalue weighted by Gasteiger charge is -2.25. The molecule has 1 aromatic carbocycles. The minimum absolute atomic E-state index is 0.148. The molecule has 20 heavy (non-hydrogen) atoms. The molecule has 4 heteroatoms. The summed E-state index contributed by atoms with van der Waals surface area (Å²) in [7, 11) is 0. The highest BCUT2D eigenvalue weighted by molar-refractivity contribution is 9.10. The van der Waals surface area contributed by atoms with E-state index in [0.717, 1.165) is 35.4 Å². The minimum atomic E-state index is 0.148. The maximum absolute atomic E-state index is 5.94. The summed E-state index contributed by atoms with van der Waals surface area (Å²) < 4.78 is 12.8. The average molecular weight is 340 g/mol. The summed E-state index contributed by atoms with van der Waals surface area (Å²) in [6, 6.07) is 2.42. The van der Waals surface area contributed by atoms with Gasteiger partial charge in [-0.3, -0.25) is 0 Å². The molecule has 3 rings (SSSR count). The molecule has 1 aliphatic carbocycles. The quantitative estimate of drug-likeness (QED) is 0.904. The SMILES string of the molecule is CCCNC1CC(C)(C)c2c(Br)cc3c(c21)OCCO3. The van der Waals surface area contributed by atoms with Gasteiger partial charge in [0.15, 0.2) is 11.5 Å². The van der Waals surface area contributed by atoms with Gasteiger partial charge in [-0.15, -0.1) is 0 Å². The van der Waals surface area contributed by atoms with E-state index in [1.165, 1.54) is 11.1 Å². The Morgan fingerprint density at radius 3 is 2.85 bits per heavy atom. The van der Waals surface area contributed by atoms with Crippen LogP contribution >= 0.6 is 15.9 Å². The van der Waals surface area contributed by atoms with Gasteiger partial charge in [0.2, 0.25) is 0 Å². The first-order chi connectivity index (χ1) is 9.54. The van der Waals surface area contributed by atoms with Gasteiger partial charge in [-0.25, -0.2) is 0 Å². The van der Waals surface area contributed by atoms with Gasteiger partial charge >= 0.3 is 0 Å². The zero-order valence-corrected chi connectivity index (χ0v) is 14.0. The van der Waals surface area contributed by atoms with E-state index in [4.69, 9.17) is 9.47 Å². The van der Waals surface area contributed by atoms with Gasteiger partial charge in [-0.1, -0.05) is 36.7 Å². The third-order valence-electron chi connectivity index (χ3n) is 4.20. The molecule has 0 saturated heterocycles. The van der Waals surface area contributed by atoms with Crippen LogP contribution in [-0.2, 0) is 5.41 Å². The monoisotopic (exact) mass is 339 g/mol. The van der Waals surface area contributed by atoms with E-state index < -0.39 is 0 Å². The maximum atomic E-state index is 5.94. The summed E-state index contributed by atoms with van der Waals surface area (Å²) in [6.07, 6.45) is 2.24. The third kappa shape index (κ3) is 2.23. The number of nitrogens with one attached hydrogen (secondary N) is 1. The fourth-order valence-electron chi connectivity index (χ4n) is 3.41. The number of hydrogen-bond acceptors (Lipinski definition) is 3. The number of ether oxygens (including phenoxy) is 2. The van der Waals surface area contributed by atoms with Crippen LogP contribution in [0.5, 0.6) is 11.5 Å². The van der Waals surface area contributed by atoms with Crippen molar-refractivity contribution >= 4 is 15.9 Å². The molecule has 1 unspecified atom stereocenters. The first-order valence-corrected chi connectivity index (χ1v) is 8.19. The highest BCUT2D eigenvalue weighted by Crippen LogP contribution is 2.54. The molecule has 1 aliphatic heterocycles. The summed E-state index contributed by atoms with van der Waals surface area (Å²) in [5.41, 5.74) is 2.82. The van der Waals surface area contributed by atoms with E-state index in [1.54, 1.807) is 0 Å². The lowest BCUT2D eigenvalue weighted by atomic mass is 9.86. The van der Waals surface area contributed by atoms with Crippen LogP contribution in [0.2, 0.25) is 0 Å². The van der Waals surface area contributed by atoms with Gasteiger partial charge in [0.05, 0.1) is 0 Å². The Morgan fingerprint density at radius 2 is 2.10 bits per heavy atom. The summed E-state index contributed by atoms with van der Waals surface area (Å²) in [4.78, 5) is 0. The summed E-state index contributed by atoms with van der Waals surface area (Å²) in [5.74, 6) is 1.83. The van der Waals surface area contributed by atoms with E-state index in [2.05, 4.69) is 48.1 Å². The Morgan fingerprint density at radius 1 is 1.35 bits per heavy atom. The lowest BCUT2D eigenvalue weighted by molar-refractivity contribution is 0.169. The minimum Gasteiger partial charge on any atom is -0.486 e. The van der Waals surface area contributed by atoms with Crippen molar-refractivity contribution in [1.82, 2.24) is 5.32 Å². The van der Waals surface area contributed by atoms with Gasteiger partial charge < -0.3 is 14.8 Å². The van der Waals surface area contributed by atoms with Crippen molar-refractivity contribution in [2.45, 2.75) is 45.1 Å². The topological polar surface area (TPSA) is 30.5 Å². The van der Waals surface area contributed by atoms with Crippen LogP contribution in [-0.4, -0.2) is 19.8 Å². The molecule has 110 valence electrons. The Labute approximate surface area is 129 Å². The number of benzene rings is 1. The van der Waals surface area contributed by atoms with Gasteiger partial charge in [0.25, 0.3) is 0 Å². The van der Waals surface area contributed by atoms with Crippen LogP contribution in [0.15, 0.2) is 10.5 Å². The second-order valence-electron chi connectivity index (χ2n) is 6.27. The standard InChI is InChI=1S/C16H22BrNO2/c1-4-5-18-11-9-16(2,3)14-10(17)8-12-15(13(11)14)20-7-6-19-12/h8,11,18H,4-7,9H2,1-3H3. The summed E-state index contributed by atoms with van der Waals surface area (Å²) in [6.45, 7) is 9.11. The Bertz CT molecular complexity index is 528. The van der Waals surface area contributed by atoms with Gasteiger partial charge in [-0.2, -0.15) is 0 Å². The van der Waals surface area contributed by atoms with Crippen molar-refractivity contribution in [3.8, 4) is 11.5 Å². The molecule has 1 aromatic rings. The second-order valence-corrected chi connectivity index (χ2v) is 7.12. The van der Waals surface area contributed by atoms with Crippen molar-refractivity contribution in [2.24, 2.45) is 0 Å². The van der Waals surface area contributed by atoms with E-state index >= 15 is 0 Å². The molecule has 0 radical (unpaired) electrons. The first-order valence-electron chi connectivity index (χ1n) is 7.40. The van der Waals surface area contributed by atoms with Crippen LogP contribution < -0.4 is 14.8 Å². The van der Waals surface area contributed by atoms with Gasteiger partial charge in [0.1, 0.15) is 13.2 Å². The van der Waals surface area contributed by atoms with Crippen LogP contribution in [0, 0.1) is 0 Å². The zero-order chi connectivity index (χ0) is 14.3. The van der Waals surface area contributed by atoms with Crippen molar-refractivity contribution in [1.29, 1.82) is 0 Å². The normalized spacial score (nSPS) is 22.7. The molecule has 0 fully saturated rings. The molecule has 0 saturated carbocycles. The Kier molecular flexibility index (Phi) is 3.71. The number of fused-ring (bicyclic) bond motifs is 3. The molecule has 0 bridgehead atoms. The van der Waals surface area contributed by atoms with E-state index in [9.17, 15) is 0 Å².